The molecule has 0 radical (unpaired) electrons. The van der Waals surface area contributed by atoms with Gasteiger partial charge < -0.3 is 4.57 Å². The summed E-state index contributed by atoms with van der Waals surface area (Å²) in [6, 6.07) is 3.91. The second kappa shape index (κ2) is 5.59. The van der Waals surface area contributed by atoms with E-state index >= 15 is 0 Å². The Morgan fingerprint density at radius 1 is 1.22 bits per heavy atom. The lowest BCUT2D eigenvalue weighted by molar-refractivity contribution is 0.101. The summed E-state index contributed by atoms with van der Waals surface area (Å²) < 4.78 is 4.87. The Balaban J connectivity index is 1.74. The van der Waals surface area contributed by atoms with Crippen molar-refractivity contribution in [3.8, 4) is 0 Å². The van der Waals surface area contributed by atoms with Gasteiger partial charge in [-0.3, -0.25) is 10.1 Å². The first-order valence-electron chi connectivity index (χ1n) is 6.68. The molecular weight excluding hydrogens is 350 g/mol. The van der Waals surface area contributed by atoms with Crippen molar-refractivity contribution >= 4 is 65.9 Å². The molecule has 0 fully saturated rings. The normalized spacial score (nSPS) is 11.4. The molecular formula is C14H11N5OS3. The zero-order valence-corrected chi connectivity index (χ0v) is 14.7. The lowest BCUT2D eigenvalue weighted by atomic mass is 10.3. The highest BCUT2D eigenvalue weighted by molar-refractivity contribution is 8.00. The highest BCUT2D eigenvalue weighted by Gasteiger charge is 2.16. The van der Waals surface area contributed by atoms with Crippen LogP contribution in [0.3, 0.4) is 0 Å². The average molecular weight is 361 g/mol. The molecule has 0 saturated heterocycles. The zero-order chi connectivity index (χ0) is 16.0. The Kier molecular flexibility index (Phi) is 3.55. The number of aromatic nitrogens is 4. The lowest BCUT2D eigenvalue weighted by Crippen LogP contribution is -2.16. The highest BCUT2D eigenvalue weighted by Crippen LogP contribution is 2.38. The van der Waals surface area contributed by atoms with Crippen LogP contribution in [0.15, 0.2) is 28.9 Å². The number of carbonyl (C=O) groups excluding carboxylic acids is 1. The minimum Gasteiger partial charge on any atom is -0.330 e. The van der Waals surface area contributed by atoms with Crippen LogP contribution in [0.25, 0.3) is 20.4 Å². The van der Waals surface area contributed by atoms with Gasteiger partial charge in [-0.1, -0.05) is 23.1 Å². The number of amides is 1. The summed E-state index contributed by atoms with van der Waals surface area (Å²) in [6.07, 6.45) is 5.34. The summed E-state index contributed by atoms with van der Waals surface area (Å²) >= 11 is 4.75. The molecule has 0 saturated carbocycles. The third kappa shape index (κ3) is 2.50. The molecule has 1 amide bonds. The van der Waals surface area contributed by atoms with Crippen LogP contribution in [-0.4, -0.2) is 31.7 Å². The van der Waals surface area contributed by atoms with E-state index in [0.29, 0.717) is 11.0 Å². The van der Waals surface area contributed by atoms with Gasteiger partial charge in [0.05, 0.1) is 20.4 Å². The largest absolute Gasteiger partial charge is 0.330 e. The highest BCUT2D eigenvalue weighted by atomic mass is 32.2. The van der Waals surface area contributed by atoms with Gasteiger partial charge in [0.15, 0.2) is 15.3 Å². The maximum atomic E-state index is 12.2. The first-order chi connectivity index (χ1) is 11.2. The van der Waals surface area contributed by atoms with E-state index in [1.807, 2.05) is 18.4 Å². The molecule has 1 aromatic carbocycles. The van der Waals surface area contributed by atoms with Gasteiger partial charge >= 0.3 is 0 Å². The van der Waals surface area contributed by atoms with E-state index in [-0.39, 0.29) is 5.91 Å². The van der Waals surface area contributed by atoms with Gasteiger partial charge in [-0.05, 0) is 18.4 Å². The molecule has 23 heavy (non-hydrogen) atoms. The third-order valence-corrected chi connectivity index (χ3v) is 6.52. The number of carbonyl (C=O) groups is 1. The summed E-state index contributed by atoms with van der Waals surface area (Å²) in [7, 11) is 1.78. The maximum absolute atomic E-state index is 12.2. The van der Waals surface area contributed by atoms with Crippen LogP contribution in [0.2, 0.25) is 0 Å². The molecule has 3 aromatic heterocycles. The molecule has 0 aliphatic carbocycles. The number of thioether (sulfide) groups is 1. The van der Waals surface area contributed by atoms with Crippen molar-refractivity contribution < 1.29 is 4.79 Å². The fraction of sp³-hybridized carbons (Fsp3) is 0.143. The molecule has 116 valence electrons. The SMILES string of the molecule is CSc1nc2ccc3nc(NC(=O)c4nccn4C)sc3c2s1. The van der Waals surface area contributed by atoms with Crippen molar-refractivity contribution in [2.75, 3.05) is 11.6 Å². The Morgan fingerprint density at radius 3 is 2.65 bits per heavy atom. The summed E-state index contributed by atoms with van der Waals surface area (Å²) in [4.78, 5) is 25.4. The van der Waals surface area contributed by atoms with Gasteiger partial charge in [0.1, 0.15) is 0 Å². The molecule has 0 aliphatic heterocycles. The summed E-state index contributed by atoms with van der Waals surface area (Å²) in [5.41, 5.74) is 1.84. The van der Waals surface area contributed by atoms with Gasteiger partial charge in [0.25, 0.3) is 5.91 Å². The Bertz CT molecular complexity index is 1030. The van der Waals surface area contributed by atoms with Gasteiger partial charge in [-0.25, -0.2) is 15.0 Å². The number of hydrogen-bond donors (Lipinski definition) is 1. The number of nitrogens with one attached hydrogen (secondary N) is 1. The first kappa shape index (κ1) is 14.6. The number of imidazole rings is 1. The van der Waals surface area contributed by atoms with Gasteiger partial charge in [0.2, 0.25) is 0 Å². The Hall–Kier alpha value is -1.97. The van der Waals surface area contributed by atoms with Gasteiger partial charge in [-0.15, -0.1) is 11.3 Å². The van der Waals surface area contributed by atoms with Crippen molar-refractivity contribution in [1.29, 1.82) is 0 Å². The van der Waals surface area contributed by atoms with Gasteiger partial charge in [0, 0.05) is 19.4 Å². The number of aryl methyl sites for hydroxylation is 1. The monoisotopic (exact) mass is 361 g/mol. The standard InChI is InChI=1S/C14H11N5OS3/c1-19-6-5-15-11(19)12(20)18-13-16-7-3-4-8-10(9(7)22-13)23-14(17-8)21-2/h3-6H,1-2H3,(H,16,18,20). The first-order valence-corrected chi connectivity index (χ1v) is 9.54. The molecule has 6 nitrogen and oxygen atoms in total. The van der Waals surface area contributed by atoms with Gasteiger partial charge in [-0.2, -0.15) is 0 Å². The predicted octanol–water partition coefficient (Wildman–Crippen LogP) is 3.61. The van der Waals surface area contributed by atoms with E-state index in [4.69, 9.17) is 0 Å². The van der Waals surface area contributed by atoms with Crippen LogP contribution in [0, 0.1) is 0 Å². The topological polar surface area (TPSA) is 72.7 Å². The molecule has 0 unspecified atom stereocenters. The number of benzene rings is 1. The van der Waals surface area contributed by atoms with Crippen molar-refractivity contribution in [1.82, 2.24) is 19.5 Å². The fourth-order valence-corrected chi connectivity index (χ4v) is 4.88. The van der Waals surface area contributed by atoms with Crippen LogP contribution >= 0.6 is 34.4 Å². The lowest BCUT2D eigenvalue weighted by Gasteiger charge is -2.00. The molecule has 0 atom stereocenters. The number of nitrogens with zero attached hydrogens (tertiary/aromatic N) is 4. The molecule has 3 heterocycles. The van der Waals surface area contributed by atoms with E-state index in [0.717, 1.165) is 24.8 Å². The molecule has 0 spiro atoms. The van der Waals surface area contributed by atoms with Crippen molar-refractivity contribution in [2.45, 2.75) is 4.34 Å². The minimum absolute atomic E-state index is 0.262. The number of rotatable bonds is 3. The summed E-state index contributed by atoms with van der Waals surface area (Å²) in [5, 5.41) is 3.39. The maximum Gasteiger partial charge on any atom is 0.293 e. The van der Waals surface area contributed by atoms with Crippen LogP contribution in [0.5, 0.6) is 0 Å². The molecule has 1 N–H and O–H groups in total. The van der Waals surface area contributed by atoms with Crippen LogP contribution in [0.4, 0.5) is 5.13 Å². The smallest absolute Gasteiger partial charge is 0.293 e. The molecule has 4 aromatic rings. The second-order valence-corrected chi connectivity index (χ2v) is 7.83. The summed E-state index contributed by atoms with van der Waals surface area (Å²) in [6.45, 7) is 0. The number of thiazole rings is 2. The number of anilines is 1. The van der Waals surface area contributed by atoms with Crippen molar-refractivity contribution in [3.05, 3.63) is 30.4 Å². The van der Waals surface area contributed by atoms with Crippen LogP contribution in [0.1, 0.15) is 10.6 Å². The van der Waals surface area contributed by atoms with E-state index in [1.165, 1.54) is 11.3 Å². The number of fused-ring (bicyclic) bond motifs is 3. The van der Waals surface area contributed by atoms with E-state index in [9.17, 15) is 4.79 Å². The molecule has 0 bridgehead atoms. The molecule has 4 rings (SSSR count). The van der Waals surface area contributed by atoms with Crippen LogP contribution < -0.4 is 5.32 Å². The fourth-order valence-electron chi connectivity index (χ4n) is 2.23. The van der Waals surface area contributed by atoms with Crippen LogP contribution in [-0.2, 0) is 7.05 Å². The molecule has 9 heteroatoms. The number of hydrogen-bond acceptors (Lipinski definition) is 7. The Morgan fingerprint density at radius 2 is 1.96 bits per heavy atom. The zero-order valence-electron chi connectivity index (χ0n) is 12.2. The molecule has 0 aliphatic rings. The second-order valence-electron chi connectivity index (χ2n) is 4.78. The average Bonchev–Trinajstić information content (AvgIpc) is 3.22. The Labute approximate surface area is 143 Å². The third-order valence-electron chi connectivity index (χ3n) is 3.31. The quantitative estimate of drug-likeness (QED) is 0.564. The van der Waals surface area contributed by atoms with E-state index < -0.39 is 0 Å². The summed E-state index contributed by atoms with van der Waals surface area (Å²) in [5.74, 6) is 0.0961. The van der Waals surface area contributed by atoms with E-state index in [2.05, 4.69) is 20.3 Å². The van der Waals surface area contributed by atoms with E-state index in [1.54, 1.807) is 47.1 Å². The predicted molar refractivity (Wildman–Crippen MR) is 95.7 cm³/mol. The minimum atomic E-state index is -0.262. The van der Waals surface area contributed by atoms with Crippen molar-refractivity contribution in [2.24, 2.45) is 7.05 Å². The van der Waals surface area contributed by atoms with Crippen molar-refractivity contribution in [3.63, 3.8) is 0 Å².